The van der Waals surface area contributed by atoms with Crippen LogP contribution in [0.5, 0.6) is 5.88 Å². The molecule has 1 aromatic carbocycles. The van der Waals surface area contributed by atoms with Gasteiger partial charge in [-0.05, 0) is 67.8 Å². The van der Waals surface area contributed by atoms with Crippen LogP contribution in [-0.2, 0) is 12.8 Å². The number of unbranched alkanes of at least 4 members (excludes halogenated alkanes) is 2. The van der Waals surface area contributed by atoms with Gasteiger partial charge < -0.3 is 20.6 Å². The SMILES string of the molecule is CCCCc1ccc(-c2ccccc2)n1[N-]CCCNn1c([O-])ccc1CCCC. The van der Waals surface area contributed by atoms with Crippen LogP contribution in [0.15, 0.2) is 54.6 Å². The van der Waals surface area contributed by atoms with E-state index in [2.05, 4.69) is 60.3 Å². The molecule has 0 fully saturated rings. The van der Waals surface area contributed by atoms with Crippen LogP contribution >= 0.6 is 0 Å². The Balaban J connectivity index is 1.58. The Morgan fingerprint density at radius 1 is 0.833 bits per heavy atom. The molecule has 0 aliphatic rings. The van der Waals surface area contributed by atoms with Gasteiger partial charge in [-0.2, -0.15) is 0 Å². The second-order valence-corrected chi connectivity index (χ2v) is 7.72. The largest absolute Gasteiger partial charge is 0.859 e. The number of rotatable bonds is 13. The lowest BCUT2D eigenvalue weighted by Gasteiger charge is -2.30. The Bertz CT molecular complexity index is 882. The molecule has 5 nitrogen and oxygen atoms in total. The van der Waals surface area contributed by atoms with Gasteiger partial charge in [-0.3, -0.25) is 4.68 Å². The topological polar surface area (TPSA) is 59.0 Å². The number of hydrogen-bond donors (Lipinski definition) is 1. The summed E-state index contributed by atoms with van der Waals surface area (Å²) in [5.74, 6) is 0.0247. The zero-order chi connectivity index (χ0) is 21.2. The first kappa shape index (κ1) is 21.9. The quantitative estimate of drug-likeness (QED) is 0.382. The van der Waals surface area contributed by atoms with Gasteiger partial charge in [-0.15, -0.1) is 6.54 Å². The second-order valence-electron chi connectivity index (χ2n) is 7.72. The molecule has 2 aromatic heterocycles. The van der Waals surface area contributed by atoms with E-state index in [0.717, 1.165) is 56.5 Å². The zero-order valence-electron chi connectivity index (χ0n) is 18.3. The summed E-state index contributed by atoms with van der Waals surface area (Å²) >= 11 is 0. The van der Waals surface area contributed by atoms with Crippen molar-refractivity contribution in [3.05, 3.63) is 71.4 Å². The maximum Gasteiger partial charge on any atom is 0.0386 e. The molecule has 30 heavy (non-hydrogen) atoms. The fraction of sp³-hybridized carbons (Fsp3) is 0.440. The minimum Gasteiger partial charge on any atom is -0.859 e. The molecule has 0 unspecified atom stereocenters. The summed E-state index contributed by atoms with van der Waals surface area (Å²) in [5, 5.41) is 12.1. The van der Waals surface area contributed by atoms with Crippen LogP contribution in [0.25, 0.3) is 16.7 Å². The lowest BCUT2D eigenvalue weighted by molar-refractivity contribution is -0.278. The standard InChI is InChI=1S/C25H35N4O/c1-3-5-13-22-15-17-24(21-11-8-7-9-12-21)28(22)26-19-10-20-27-29-23(14-6-4-2)16-18-25(29)30/h7-9,11-12,15-18,27,30H,3-6,10,13-14,19-20H2,1-2H3/q-1/p-1. The average molecular weight is 407 g/mol. The average Bonchev–Trinajstić information content (AvgIpc) is 3.34. The van der Waals surface area contributed by atoms with E-state index in [1.165, 1.54) is 17.7 Å². The zero-order valence-corrected chi connectivity index (χ0v) is 18.3. The van der Waals surface area contributed by atoms with Crippen molar-refractivity contribution in [2.24, 2.45) is 0 Å². The first-order valence-electron chi connectivity index (χ1n) is 11.3. The molecule has 162 valence electrons. The third kappa shape index (κ3) is 5.62. The van der Waals surface area contributed by atoms with Gasteiger partial charge in [0, 0.05) is 23.6 Å². The number of benzene rings is 1. The number of nitrogens with one attached hydrogen (secondary N) is 1. The van der Waals surface area contributed by atoms with Gasteiger partial charge in [0.15, 0.2) is 0 Å². The monoisotopic (exact) mass is 406 g/mol. The van der Waals surface area contributed by atoms with Crippen molar-refractivity contribution < 1.29 is 5.11 Å². The van der Waals surface area contributed by atoms with Crippen molar-refractivity contribution in [3.8, 4) is 17.1 Å². The first-order chi connectivity index (χ1) is 14.7. The fourth-order valence-electron chi connectivity index (χ4n) is 3.64. The first-order valence-corrected chi connectivity index (χ1v) is 11.3. The van der Waals surface area contributed by atoms with Crippen molar-refractivity contribution in [1.82, 2.24) is 9.35 Å². The van der Waals surface area contributed by atoms with Gasteiger partial charge in [0.05, 0.1) is 0 Å². The van der Waals surface area contributed by atoms with E-state index < -0.39 is 0 Å². The third-order valence-corrected chi connectivity index (χ3v) is 5.35. The van der Waals surface area contributed by atoms with E-state index >= 15 is 0 Å². The van der Waals surface area contributed by atoms with Crippen molar-refractivity contribution in [1.29, 1.82) is 0 Å². The van der Waals surface area contributed by atoms with Crippen LogP contribution in [0.3, 0.4) is 0 Å². The van der Waals surface area contributed by atoms with Gasteiger partial charge in [0.1, 0.15) is 0 Å². The predicted octanol–water partition coefficient (Wildman–Crippen LogP) is 5.49. The highest BCUT2D eigenvalue weighted by Gasteiger charge is 2.05. The van der Waals surface area contributed by atoms with Gasteiger partial charge in [-0.1, -0.05) is 57.0 Å². The Morgan fingerprint density at radius 3 is 2.27 bits per heavy atom. The summed E-state index contributed by atoms with van der Waals surface area (Å²) in [6, 6.07) is 18.4. The predicted molar refractivity (Wildman–Crippen MR) is 123 cm³/mol. The minimum absolute atomic E-state index is 0.0247. The van der Waals surface area contributed by atoms with Crippen molar-refractivity contribution >= 4 is 0 Å². The van der Waals surface area contributed by atoms with E-state index in [1.54, 1.807) is 10.7 Å². The van der Waals surface area contributed by atoms with Crippen molar-refractivity contribution in [2.45, 2.75) is 58.8 Å². The van der Waals surface area contributed by atoms with Gasteiger partial charge in [0.25, 0.3) is 0 Å². The third-order valence-electron chi connectivity index (χ3n) is 5.35. The molecule has 0 amide bonds. The molecule has 5 heteroatoms. The Labute approximate surface area is 180 Å². The van der Waals surface area contributed by atoms with E-state index in [9.17, 15) is 5.11 Å². The summed E-state index contributed by atoms with van der Waals surface area (Å²) < 4.78 is 3.82. The molecule has 3 aromatic rings. The van der Waals surface area contributed by atoms with Crippen LogP contribution < -0.4 is 10.5 Å². The molecule has 0 saturated heterocycles. The minimum atomic E-state index is 0.0247. The van der Waals surface area contributed by atoms with E-state index in [0.29, 0.717) is 6.54 Å². The molecule has 1 N–H and O–H groups in total. The van der Waals surface area contributed by atoms with Crippen LogP contribution in [0, 0.1) is 0 Å². The highest BCUT2D eigenvalue weighted by Crippen LogP contribution is 2.25. The number of aryl methyl sites for hydroxylation is 2. The summed E-state index contributed by atoms with van der Waals surface area (Å²) in [5.41, 5.74) is 12.8. The molecular weight excluding hydrogens is 372 g/mol. The van der Waals surface area contributed by atoms with E-state index in [1.807, 2.05) is 12.1 Å². The van der Waals surface area contributed by atoms with Crippen LogP contribution in [0.2, 0.25) is 0 Å². The molecule has 3 rings (SSSR count). The Hall–Kier alpha value is -2.82. The Kier molecular flexibility index (Phi) is 8.30. The molecule has 0 saturated carbocycles. The highest BCUT2D eigenvalue weighted by atomic mass is 16.3. The summed E-state index contributed by atoms with van der Waals surface area (Å²) in [4.78, 5) is 0. The number of hydrogen-bond acceptors (Lipinski definition) is 2. The lowest BCUT2D eigenvalue weighted by Crippen LogP contribution is -2.21. The maximum atomic E-state index is 12.1. The summed E-state index contributed by atoms with van der Waals surface area (Å²) in [6.07, 6.45) is 7.39. The molecule has 0 spiro atoms. The van der Waals surface area contributed by atoms with E-state index in [4.69, 9.17) is 5.43 Å². The van der Waals surface area contributed by atoms with Crippen LogP contribution in [0.1, 0.15) is 57.3 Å². The summed E-state index contributed by atoms with van der Waals surface area (Å²) in [6.45, 7) is 5.81. The van der Waals surface area contributed by atoms with Crippen molar-refractivity contribution in [2.75, 3.05) is 18.5 Å². The van der Waals surface area contributed by atoms with Crippen LogP contribution in [0.4, 0.5) is 0 Å². The normalized spacial score (nSPS) is 11.0. The molecular formula is C25H34N4O-2. The van der Waals surface area contributed by atoms with Crippen molar-refractivity contribution in [3.63, 3.8) is 0 Å². The molecule has 0 aliphatic carbocycles. The lowest BCUT2D eigenvalue weighted by atomic mass is 10.2. The fourth-order valence-corrected chi connectivity index (χ4v) is 3.64. The van der Waals surface area contributed by atoms with E-state index in [-0.39, 0.29) is 5.88 Å². The summed E-state index contributed by atoms with van der Waals surface area (Å²) in [7, 11) is 0. The van der Waals surface area contributed by atoms with Gasteiger partial charge in [0.2, 0.25) is 0 Å². The smallest absolute Gasteiger partial charge is 0.0386 e. The van der Waals surface area contributed by atoms with Crippen LogP contribution in [-0.4, -0.2) is 22.4 Å². The molecule has 0 bridgehead atoms. The Morgan fingerprint density at radius 2 is 1.53 bits per heavy atom. The second kappa shape index (κ2) is 11.4. The number of aromatic nitrogens is 2. The molecule has 0 aliphatic heterocycles. The maximum absolute atomic E-state index is 12.1. The van der Waals surface area contributed by atoms with Gasteiger partial charge >= 0.3 is 0 Å². The number of nitrogens with zero attached hydrogens (tertiary/aromatic N) is 3. The van der Waals surface area contributed by atoms with Gasteiger partial charge in [-0.25, -0.2) is 0 Å². The highest BCUT2D eigenvalue weighted by molar-refractivity contribution is 5.61. The molecule has 2 heterocycles. The molecule has 0 radical (unpaired) electrons. The molecule has 0 atom stereocenters.